The Morgan fingerprint density at radius 1 is 1.44 bits per heavy atom. The smallest absolute Gasteiger partial charge is 0.339 e. The van der Waals surface area contributed by atoms with Crippen molar-refractivity contribution < 1.29 is 15.0 Å². The molecule has 1 heterocycles. The van der Waals surface area contributed by atoms with Gasteiger partial charge in [0.1, 0.15) is 17.0 Å². The second-order valence-corrected chi connectivity index (χ2v) is 4.07. The number of nitrogens with zero attached hydrogens (tertiary/aromatic N) is 2. The Kier molecular flexibility index (Phi) is 3.06. The van der Waals surface area contributed by atoms with Crippen LogP contribution in [0.2, 0.25) is 0 Å². The zero-order chi connectivity index (χ0) is 13.3. The quantitative estimate of drug-likeness (QED) is 0.870. The Morgan fingerprint density at radius 2 is 2.17 bits per heavy atom. The van der Waals surface area contributed by atoms with Crippen LogP contribution in [0.3, 0.4) is 0 Å². The van der Waals surface area contributed by atoms with E-state index in [4.69, 9.17) is 5.11 Å². The molecule has 94 valence electrons. The van der Waals surface area contributed by atoms with Crippen LogP contribution >= 0.6 is 0 Å². The van der Waals surface area contributed by atoms with Crippen LogP contribution in [-0.4, -0.2) is 26.0 Å². The molecule has 0 unspecified atom stereocenters. The fourth-order valence-corrected chi connectivity index (χ4v) is 1.90. The maximum Gasteiger partial charge on any atom is 0.339 e. The van der Waals surface area contributed by atoms with Gasteiger partial charge in [-0.25, -0.2) is 9.48 Å². The zero-order valence-electron chi connectivity index (χ0n) is 10.2. The fraction of sp³-hybridized carbons (Fsp3) is 0.231. The normalized spacial score (nSPS) is 10.6. The minimum Gasteiger partial charge on any atom is -0.506 e. The largest absolute Gasteiger partial charge is 0.506 e. The number of phenolic OH excluding ortho intramolecular Hbond substituents is 1. The van der Waals surface area contributed by atoms with Crippen molar-refractivity contribution in [1.29, 1.82) is 0 Å². The molecule has 0 aliphatic carbocycles. The third-order valence-corrected chi connectivity index (χ3v) is 2.79. The predicted octanol–water partition coefficient (Wildman–Crippen LogP) is 2.15. The van der Waals surface area contributed by atoms with Crippen LogP contribution in [0.15, 0.2) is 24.4 Å². The first kappa shape index (κ1) is 12.2. The summed E-state index contributed by atoms with van der Waals surface area (Å²) in [4.78, 5) is 11.1. The standard InChI is InChI=1S/C13H14N2O3/c1-3-10-9(13(17)18)7-14-15(10)11-6-8(2)4-5-12(11)16/h4-7,16H,3H2,1-2H3,(H,17,18). The van der Waals surface area contributed by atoms with Crippen LogP contribution < -0.4 is 0 Å². The Bertz CT molecular complexity index is 602. The van der Waals surface area contributed by atoms with E-state index in [1.54, 1.807) is 18.2 Å². The SMILES string of the molecule is CCc1c(C(=O)O)cnn1-c1cc(C)ccc1O. The molecule has 0 radical (unpaired) electrons. The summed E-state index contributed by atoms with van der Waals surface area (Å²) in [5, 5.41) is 23.0. The van der Waals surface area contributed by atoms with Gasteiger partial charge in [-0.15, -0.1) is 0 Å². The van der Waals surface area contributed by atoms with Crippen molar-refractivity contribution in [1.82, 2.24) is 9.78 Å². The predicted molar refractivity (Wildman–Crippen MR) is 66.3 cm³/mol. The molecule has 5 heteroatoms. The lowest BCUT2D eigenvalue weighted by Crippen LogP contribution is -2.06. The van der Waals surface area contributed by atoms with Crippen LogP contribution in [-0.2, 0) is 6.42 Å². The van der Waals surface area contributed by atoms with Gasteiger partial charge in [-0.05, 0) is 31.0 Å². The summed E-state index contributed by atoms with van der Waals surface area (Å²) in [6.45, 7) is 3.75. The number of carbonyl (C=O) groups is 1. The molecule has 2 aromatic rings. The molecule has 0 fully saturated rings. The van der Waals surface area contributed by atoms with Gasteiger partial charge in [0, 0.05) is 0 Å². The second-order valence-electron chi connectivity index (χ2n) is 4.07. The first-order valence-corrected chi connectivity index (χ1v) is 5.64. The van der Waals surface area contributed by atoms with Gasteiger partial charge >= 0.3 is 5.97 Å². The van der Waals surface area contributed by atoms with Crippen LogP contribution in [0.5, 0.6) is 5.75 Å². The van der Waals surface area contributed by atoms with Gasteiger partial charge in [-0.1, -0.05) is 13.0 Å². The topological polar surface area (TPSA) is 75.3 Å². The Hall–Kier alpha value is -2.30. The molecule has 2 rings (SSSR count). The summed E-state index contributed by atoms with van der Waals surface area (Å²) in [6.07, 6.45) is 1.83. The molecule has 0 spiro atoms. The molecule has 0 amide bonds. The van der Waals surface area contributed by atoms with Crippen molar-refractivity contribution in [3.63, 3.8) is 0 Å². The molecule has 5 nitrogen and oxygen atoms in total. The number of hydrogen-bond acceptors (Lipinski definition) is 3. The highest BCUT2D eigenvalue weighted by Crippen LogP contribution is 2.25. The molecule has 0 saturated carbocycles. The number of hydrogen-bond donors (Lipinski definition) is 2. The number of benzene rings is 1. The summed E-state index contributed by atoms with van der Waals surface area (Å²) >= 11 is 0. The number of phenols is 1. The lowest BCUT2D eigenvalue weighted by molar-refractivity contribution is 0.0695. The third kappa shape index (κ3) is 1.95. The molecule has 0 aliphatic heterocycles. The molecule has 0 aliphatic rings. The summed E-state index contributed by atoms with van der Waals surface area (Å²) in [6, 6.07) is 5.13. The average molecular weight is 246 g/mol. The number of rotatable bonds is 3. The number of carboxylic acids is 1. The zero-order valence-corrected chi connectivity index (χ0v) is 10.2. The van der Waals surface area contributed by atoms with Crippen molar-refractivity contribution in [3.05, 3.63) is 41.2 Å². The van der Waals surface area contributed by atoms with Crippen LogP contribution in [0.1, 0.15) is 28.5 Å². The van der Waals surface area contributed by atoms with Crippen LogP contribution in [0.25, 0.3) is 5.69 Å². The molecular weight excluding hydrogens is 232 g/mol. The second kappa shape index (κ2) is 4.52. The van der Waals surface area contributed by atoms with E-state index in [9.17, 15) is 9.90 Å². The summed E-state index contributed by atoms with van der Waals surface area (Å²) in [5.41, 5.74) is 2.21. The van der Waals surface area contributed by atoms with Crippen LogP contribution in [0.4, 0.5) is 0 Å². The highest BCUT2D eigenvalue weighted by Gasteiger charge is 2.17. The van der Waals surface area contributed by atoms with E-state index in [-0.39, 0.29) is 11.3 Å². The van der Waals surface area contributed by atoms with Gasteiger partial charge in [0.25, 0.3) is 0 Å². The number of aromatic nitrogens is 2. The van der Waals surface area contributed by atoms with Crippen molar-refractivity contribution in [2.75, 3.05) is 0 Å². The minimum atomic E-state index is -1.01. The van der Waals surface area contributed by atoms with E-state index in [1.807, 2.05) is 13.8 Å². The number of aromatic hydroxyl groups is 1. The van der Waals surface area contributed by atoms with Gasteiger partial charge in [0.15, 0.2) is 0 Å². The van der Waals surface area contributed by atoms with E-state index < -0.39 is 5.97 Å². The van der Waals surface area contributed by atoms with E-state index >= 15 is 0 Å². The van der Waals surface area contributed by atoms with E-state index in [2.05, 4.69) is 5.10 Å². The summed E-state index contributed by atoms with van der Waals surface area (Å²) in [5.74, 6) is -0.930. The molecule has 0 bridgehead atoms. The van der Waals surface area contributed by atoms with Crippen molar-refractivity contribution >= 4 is 5.97 Å². The van der Waals surface area contributed by atoms with Crippen molar-refractivity contribution in [2.45, 2.75) is 20.3 Å². The Balaban J connectivity index is 2.64. The van der Waals surface area contributed by atoms with Gasteiger partial charge in [-0.3, -0.25) is 0 Å². The van der Waals surface area contributed by atoms with Crippen molar-refractivity contribution in [2.24, 2.45) is 0 Å². The highest BCUT2D eigenvalue weighted by molar-refractivity contribution is 5.88. The first-order chi connectivity index (χ1) is 8.54. The van der Waals surface area contributed by atoms with Crippen molar-refractivity contribution in [3.8, 4) is 11.4 Å². The number of aryl methyl sites for hydroxylation is 1. The fourth-order valence-electron chi connectivity index (χ4n) is 1.90. The van der Waals surface area contributed by atoms with Gasteiger partial charge < -0.3 is 10.2 Å². The maximum atomic E-state index is 11.1. The molecule has 0 saturated heterocycles. The molecule has 18 heavy (non-hydrogen) atoms. The first-order valence-electron chi connectivity index (χ1n) is 5.64. The summed E-state index contributed by atoms with van der Waals surface area (Å²) < 4.78 is 1.48. The average Bonchev–Trinajstić information content (AvgIpc) is 2.75. The molecule has 2 N–H and O–H groups in total. The van der Waals surface area contributed by atoms with E-state index in [0.29, 0.717) is 17.8 Å². The molecule has 0 atom stereocenters. The highest BCUT2D eigenvalue weighted by atomic mass is 16.4. The monoisotopic (exact) mass is 246 g/mol. The molecule has 1 aromatic carbocycles. The third-order valence-electron chi connectivity index (χ3n) is 2.79. The van der Waals surface area contributed by atoms with Crippen LogP contribution in [0, 0.1) is 6.92 Å². The summed E-state index contributed by atoms with van der Waals surface area (Å²) in [7, 11) is 0. The molecular formula is C13H14N2O3. The van der Waals surface area contributed by atoms with Gasteiger partial charge in [-0.2, -0.15) is 5.10 Å². The Labute approximate surface area is 104 Å². The number of aromatic carboxylic acids is 1. The Morgan fingerprint density at radius 3 is 2.78 bits per heavy atom. The van der Waals surface area contributed by atoms with Gasteiger partial charge in [0.05, 0.1) is 11.9 Å². The van der Waals surface area contributed by atoms with E-state index in [0.717, 1.165) is 5.56 Å². The van der Waals surface area contributed by atoms with E-state index in [1.165, 1.54) is 10.9 Å². The lowest BCUT2D eigenvalue weighted by Gasteiger charge is -2.09. The maximum absolute atomic E-state index is 11.1. The number of carboxylic acid groups (broad SMARTS) is 1. The minimum absolute atomic E-state index is 0.0790. The lowest BCUT2D eigenvalue weighted by atomic mass is 10.1. The van der Waals surface area contributed by atoms with Gasteiger partial charge in [0.2, 0.25) is 0 Å². The molecule has 1 aromatic heterocycles.